The number of Topliss-reactive ketones (excluding diaryl/α,β-unsaturated/α-hetero) is 1. The molecule has 0 aromatic heterocycles. The molecule has 0 aromatic rings. The van der Waals surface area contributed by atoms with Crippen molar-refractivity contribution in [3.63, 3.8) is 0 Å². The fraction of sp³-hybridized carbons (Fsp3) is 0.500. The number of aliphatic imine (C=N–C) groups is 1. The van der Waals surface area contributed by atoms with E-state index >= 15 is 0 Å². The Morgan fingerprint density at radius 1 is 1.16 bits per heavy atom. The van der Waals surface area contributed by atoms with Gasteiger partial charge in [0.2, 0.25) is 0 Å². The van der Waals surface area contributed by atoms with E-state index in [1.807, 2.05) is 19.0 Å². The van der Waals surface area contributed by atoms with E-state index < -0.39 is 0 Å². The van der Waals surface area contributed by atoms with E-state index in [9.17, 15) is 9.59 Å². The van der Waals surface area contributed by atoms with Gasteiger partial charge >= 0.3 is 0 Å². The zero-order valence-corrected chi connectivity index (χ0v) is 12.4. The third-order valence-electron chi connectivity index (χ3n) is 2.64. The van der Waals surface area contributed by atoms with Gasteiger partial charge in [-0.1, -0.05) is 6.08 Å². The second-order valence-electron chi connectivity index (χ2n) is 4.51. The van der Waals surface area contributed by atoms with Gasteiger partial charge in [-0.3, -0.25) is 14.6 Å². The van der Waals surface area contributed by atoms with E-state index in [0.29, 0.717) is 12.1 Å². The molecule has 0 bridgehead atoms. The molecule has 0 unspecified atom stereocenters. The van der Waals surface area contributed by atoms with Crippen LogP contribution in [0, 0.1) is 0 Å². The molecule has 0 heterocycles. The highest BCUT2D eigenvalue weighted by Gasteiger charge is 2.20. The molecule has 106 valence electrons. The molecule has 5 nitrogen and oxygen atoms in total. The fourth-order valence-corrected chi connectivity index (χ4v) is 1.54. The Labute approximate surface area is 115 Å². The first-order valence-corrected chi connectivity index (χ1v) is 6.09. The van der Waals surface area contributed by atoms with Gasteiger partial charge in [0.1, 0.15) is 0 Å². The largest absolute Gasteiger partial charge is 0.340 e. The van der Waals surface area contributed by atoms with Crippen LogP contribution in [0.3, 0.4) is 0 Å². The lowest BCUT2D eigenvalue weighted by Crippen LogP contribution is -2.35. The van der Waals surface area contributed by atoms with Crippen LogP contribution >= 0.6 is 0 Å². The molecular weight excluding hydrogens is 242 g/mol. The van der Waals surface area contributed by atoms with Crippen molar-refractivity contribution >= 4 is 18.4 Å². The maximum absolute atomic E-state index is 12.3. The van der Waals surface area contributed by atoms with Crippen LogP contribution in [0.2, 0.25) is 0 Å². The topological polar surface area (TPSA) is 53.0 Å². The van der Waals surface area contributed by atoms with E-state index in [1.54, 1.807) is 24.9 Å². The van der Waals surface area contributed by atoms with Crippen molar-refractivity contribution in [2.75, 3.05) is 34.2 Å². The number of nitrogens with zero attached hydrogens (tertiary/aromatic N) is 3. The molecule has 5 heteroatoms. The highest BCUT2D eigenvalue weighted by Crippen LogP contribution is 2.14. The third-order valence-corrected chi connectivity index (χ3v) is 2.64. The van der Waals surface area contributed by atoms with Crippen LogP contribution in [0.15, 0.2) is 28.4 Å². The standard InChI is InChI=1S/C14H23N3O2/c1-7-12(11(2)18)13(10-15-3)14(19)17(6)9-8-16(4)5/h7,10H,3,8-9H2,1-2,4-6H3/b12-7-,13-10+. The van der Waals surface area contributed by atoms with Crippen molar-refractivity contribution < 1.29 is 9.59 Å². The molecule has 19 heavy (non-hydrogen) atoms. The highest BCUT2D eigenvalue weighted by molar-refractivity contribution is 6.10. The molecule has 0 N–H and O–H groups in total. The van der Waals surface area contributed by atoms with Crippen LogP contribution in [-0.4, -0.2) is 62.4 Å². The monoisotopic (exact) mass is 265 g/mol. The minimum Gasteiger partial charge on any atom is -0.340 e. The van der Waals surface area contributed by atoms with Crippen LogP contribution < -0.4 is 0 Å². The predicted molar refractivity (Wildman–Crippen MR) is 78.3 cm³/mol. The van der Waals surface area contributed by atoms with Crippen molar-refractivity contribution in [2.45, 2.75) is 13.8 Å². The predicted octanol–water partition coefficient (Wildman–Crippen LogP) is 1.13. The lowest BCUT2D eigenvalue weighted by Gasteiger charge is -2.21. The first-order valence-electron chi connectivity index (χ1n) is 6.09. The molecular formula is C14H23N3O2. The van der Waals surface area contributed by atoms with Crippen LogP contribution in [0.25, 0.3) is 0 Å². The molecule has 1 amide bonds. The van der Waals surface area contributed by atoms with E-state index in [0.717, 1.165) is 6.54 Å². The quantitative estimate of drug-likeness (QED) is 0.394. The molecule has 0 spiro atoms. The van der Waals surface area contributed by atoms with E-state index in [1.165, 1.54) is 13.1 Å². The van der Waals surface area contributed by atoms with E-state index in [4.69, 9.17) is 0 Å². The number of carbonyl (C=O) groups excluding carboxylic acids is 2. The Balaban J connectivity index is 5.11. The lowest BCUT2D eigenvalue weighted by atomic mass is 10.0. The van der Waals surface area contributed by atoms with Crippen LogP contribution in [0.1, 0.15) is 13.8 Å². The summed E-state index contributed by atoms with van der Waals surface area (Å²) in [5, 5.41) is 0. The Morgan fingerprint density at radius 3 is 2.11 bits per heavy atom. The van der Waals surface area contributed by atoms with Gasteiger partial charge in [0, 0.05) is 31.9 Å². The number of hydrogen-bond acceptors (Lipinski definition) is 4. The second-order valence-corrected chi connectivity index (χ2v) is 4.51. The summed E-state index contributed by atoms with van der Waals surface area (Å²) in [4.78, 5) is 31.0. The minimum absolute atomic E-state index is 0.160. The summed E-state index contributed by atoms with van der Waals surface area (Å²) in [7, 11) is 5.58. The number of ketones is 1. The van der Waals surface area contributed by atoms with E-state index in [2.05, 4.69) is 11.7 Å². The summed E-state index contributed by atoms with van der Waals surface area (Å²) in [5.74, 6) is -0.385. The highest BCUT2D eigenvalue weighted by atomic mass is 16.2. The van der Waals surface area contributed by atoms with Crippen LogP contribution in [-0.2, 0) is 9.59 Å². The second kappa shape index (κ2) is 8.37. The number of likely N-dealkylation sites (N-methyl/N-ethyl adjacent to an activating group) is 2. The van der Waals surface area contributed by atoms with Crippen molar-refractivity contribution in [2.24, 2.45) is 4.99 Å². The molecule has 0 atom stereocenters. The van der Waals surface area contributed by atoms with Gasteiger partial charge in [-0.25, -0.2) is 0 Å². The molecule has 0 saturated heterocycles. The summed E-state index contributed by atoms with van der Waals surface area (Å²) in [6.45, 7) is 7.83. The molecule has 0 radical (unpaired) electrons. The molecule has 0 aliphatic carbocycles. The fourth-order valence-electron chi connectivity index (χ4n) is 1.54. The van der Waals surface area contributed by atoms with Gasteiger partial charge in [0.15, 0.2) is 5.78 Å². The summed E-state index contributed by atoms with van der Waals surface area (Å²) >= 11 is 0. The van der Waals surface area contributed by atoms with Gasteiger partial charge < -0.3 is 9.80 Å². The Hall–Kier alpha value is -1.75. The molecule has 0 fully saturated rings. The van der Waals surface area contributed by atoms with Crippen molar-refractivity contribution in [1.29, 1.82) is 0 Å². The first-order chi connectivity index (χ1) is 8.84. The number of hydrogen-bond donors (Lipinski definition) is 0. The Morgan fingerprint density at radius 2 is 1.74 bits per heavy atom. The Bertz CT molecular complexity index is 409. The average Bonchev–Trinajstić information content (AvgIpc) is 2.34. The molecule has 0 rings (SSSR count). The number of carbonyl (C=O) groups is 2. The lowest BCUT2D eigenvalue weighted by molar-refractivity contribution is -0.126. The summed E-state index contributed by atoms with van der Waals surface area (Å²) in [6, 6.07) is 0. The Kier molecular flexibility index (Phi) is 7.60. The zero-order valence-electron chi connectivity index (χ0n) is 12.4. The van der Waals surface area contributed by atoms with Crippen molar-refractivity contribution in [3.8, 4) is 0 Å². The van der Waals surface area contributed by atoms with Gasteiger partial charge in [-0.2, -0.15) is 0 Å². The normalized spacial score (nSPS) is 12.5. The summed E-state index contributed by atoms with van der Waals surface area (Å²) in [5.41, 5.74) is 0.653. The van der Waals surface area contributed by atoms with Gasteiger partial charge in [-0.15, -0.1) is 0 Å². The van der Waals surface area contributed by atoms with Crippen molar-refractivity contribution in [3.05, 3.63) is 23.4 Å². The molecule has 0 aliphatic rings. The molecule has 0 aromatic carbocycles. The maximum Gasteiger partial charge on any atom is 0.255 e. The number of amides is 1. The average molecular weight is 265 g/mol. The van der Waals surface area contributed by atoms with Crippen molar-refractivity contribution in [1.82, 2.24) is 9.80 Å². The van der Waals surface area contributed by atoms with Gasteiger partial charge in [0.25, 0.3) is 5.91 Å². The van der Waals surface area contributed by atoms with Crippen LogP contribution in [0.4, 0.5) is 0 Å². The maximum atomic E-state index is 12.3. The molecule has 0 saturated carbocycles. The molecule has 0 aliphatic heterocycles. The first kappa shape index (κ1) is 17.2. The SMILES string of the molecule is C=N/C=C(C(=O)N(C)CCN(C)C)\C(=C/C)C(C)=O. The number of rotatable bonds is 7. The van der Waals surface area contributed by atoms with E-state index in [-0.39, 0.29) is 17.3 Å². The van der Waals surface area contributed by atoms with Gasteiger partial charge in [0.05, 0.1) is 5.57 Å². The smallest absolute Gasteiger partial charge is 0.255 e. The summed E-state index contributed by atoms with van der Waals surface area (Å²) < 4.78 is 0. The minimum atomic E-state index is -0.224. The number of allylic oxidation sites excluding steroid dienone is 1. The van der Waals surface area contributed by atoms with Gasteiger partial charge in [-0.05, 0) is 34.7 Å². The third kappa shape index (κ3) is 5.61. The summed E-state index contributed by atoms with van der Waals surface area (Å²) in [6.07, 6.45) is 2.96. The van der Waals surface area contributed by atoms with Crippen LogP contribution in [0.5, 0.6) is 0 Å². The zero-order chi connectivity index (χ0) is 15.0.